The molecule has 1 atom stereocenters. The van der Waals surface area contributed by atoms with E-state index in [0.717, 1.165) is 39.0 Å². The Morgan fingerprint density at radius 3 is 2.58 bits per heavy atom. The van der Waals surface area contributed by atoms with Crippen LogP contribution in [0, 0.1) is 17.0 Å². The van der Waals surface area contributed by atoms with E-state index in [1.807, 2.05) is 12.1 Å². The molecule has 136 valence electrons. The molecular weight excluding hydrogens is 353 g/mol. The van der Waals surface area contributed by atoms with Gasteiger partial charge in [0.15, 0.2) is 5.75 Å². The van der Waals surface area contributed by atoms with Crippen molar-refractivity contribution in [1.29, 1.82) is 0 Å². The Labute approximate surface area is 154 Å². The molecule has 24 heavy (non-hydrogen) atoms. The van der Waals surface area contributed by atoms with Crippen LogP contribution in [0.25, 0.3) is 0 Å². The van der Waals surface area contributed by atoms with Crippen molar-refractivity contribution >= 4 is 30.5 Å². The van der Waals surface area contributed by atoms with Crippen molar-refractivity contribution in [3.8, 4) is 5.75 Å². The van der Waals surface area contributed by atoms with Crippen molar-refractivity contribution in [1.82, 2.24) is 10.2 Å². The van der Waals surface area contributed by atoms with E-state index in [-0.39, 0.29) is 42.3 Å². The van der Waals surface area contributed by atoms with Crippen molar-refractivity contribution in [3.05, 3.63) is 46.0 Å². The summed E-state index contributed by atoms with van der Waals surface area (Å²) in [7, 11) is 0. The number of phenols is 1. The number of nitrogens with zero attached hydrogens (tertiary/aromatic N) is 2. The van der Waals surface area contributed by atoms with E-state index in [1.54, 1.807) is 13.0 Å². The minimum Gasteiger partial charge on any atom is -0.502 e. The number of nitro groups is 1. The molecule has 1 heterocycles. The average molecular weight is 378 g/mol. The van der Waals surface area contributed by atoms with Crippen LogP contribution in [-0.4, -0.2) is 41.1 Å². The van der Waals surface area contributed by atoms with Crippen LogP contribution in [0.3, 0.4) is 0 Å². The van der Waals surface area contributed by atoms with Crippen LogP contribution in [0.5, 0.6) is 5.75 Å². The zero-order valence-electron chi connectivity index (χ0n) is 13.7. The van der Waals surface area contributed by atoms with Crippen LogP contribution in [0.1, 0.15) is 30.0 Å². The van der Waals surface area contributed by atoms with E-state index < -0.39 is 4.92 Å². The van der Waals surface area contributed by atoms with Crippen molar-refractivity contribution in [2.45, 2.75) is 25.8 Å². The molecule has 1 aliphatic rings. The zero-order valence-corrected chi connectivity index (χ0v) is 15.4. The molecule has 1 aromatic rings. The first kappa shape index (κ1) is 22.7. The number of benzene rings is 1. The molecule has 1 saturated heterocycles. The molecule has 8 heteroatoms. The van der Waals surface area contributed by atoms with Crippen LogP contribution < -0.4 is 5.32 Å². The second-order valence-corrected chi connectivity index (χ2v) is 5.59. The molecule has 0 bridgehead atoms. The predicted molar refractivity (Wildman–Crippen MR) is 101 cm³/mol. The molecule has 1 fully saturated rings. The summed E-state index contributed by atoms with van der Waals surface area (Å²) in [5, 5.41) is 24.9. The number of aryl methyl sites for hydroxylation is 1. The zero-order chi connectivity index (χ0) is 16.1. The average Bonchev–Trinajstić information content (AvgIpc) is 2.50. The van der Waals surface area contributed by atoms with E-state index in [4.69, 9.17) is 0 Å². The lowest BCUT2D eigenvalue weighted by molar-refractivity contribution is -0.386. The number of nitro benzene ring substituents is 1. The molecule has 0 aliphatic carbocycles. The van der Waals surface area contributed by atoms with Crippen molar-refractivity contribution < 1.29 is 10.0 Å². The van der Waals surface area contributed by atoms with Gasteiger partial charge in [-0.1, -0.05) is 18.2 Å². The number of hydrogen-bond donors (Lipinski definition) is 2. The molecule has 0 amide bonds. The lowest BCUT2D eigenvalue weighted by Gasteiger charge is -2.35. The molecular formula is C16H25Cl2N3O3. The van der Waals surface area contributed by atoms with Gasteiger partial charge in [0.2, 0.25) is 0 Å². The highest BCUT2D eigenvalue weighted by Gasteiger charge is 2.28. The Kier molecular flexibility index (Phi) is 9.92. The van der Waals surface area contributed by atoms with E-state index in [2.05, 4.69) is 16.8 Å². The highest BCUT2D eigenvalue weighted by molar-refractivity contribution is 5.85. The Bertz CT molecular complexity index is 564. The summed E-state index contributed by atoms with van der Waals surface area (Å²) in [5.74, 6) is -0.197. The van der Waals surface area contributed by atoms with Crippen LogP contribution in [0.15, 0.2) is 24.8 Å². The van der Waals surface area contributed by atoms with Crippen molar-refractivity contribution in [3.63, 3.8) is 0 Å². The number of allylic oxidation sites excluding steroid dienone is 1. The first-order valence-corrected chi connectivity index (χ1v) is 7.58. The molecule has 0 radical (unpaired) electrons. The van der Waals surface area contributed by atoms with Gasteiger partial charge in [-0.25, -0.2) is 0 Å². The van der Waals surface area contributed by atoms with Gasteiger partial charge in [0.05, 0.1) is 4.92 Å². The molecule has 2 rings (SSSR count). The van der Waals surface area contributed by atoms with E-state index >= 15 is 0 Å². The number of piperazine rings is 1. The summed E-state index contributed by atoms with van der Waals surface area (Å²) in [6.07, 6.45) is 3.43. The maximum Gasteiger partial charge on any atom is 0.313 e. The van der Waals surface area contributed by atoms with E-state index in [9.17, 15) is 15.2 Å². The largest absolute Gasteiger partial charge is 0.502 e. The molecule has 6 nitrogen and oxygen atoms in total. The maximum absolute atomic E-state index is 11.2. The quantitative estimate of drug-likeness (QED) is 0.451. The lowest BCUT2D eigenvalue weighted by atomic mass is 9.96. The van der Waals surface area contributed by atoms with Gasteiger partial charge in [-0.05, 0) is 19.8 Å². The van der Waals surface area contributed by atoms with Crippen LogP contribution in [-0.2, 0) is 0 Å². The molecule has 0 unspecified atom stereocenters. The van der Waals surface area contributed by atoms with Gasteiger partial charge >= 0.3 is 5.69 Å². The fourth-order valence-electron chi connectivity index (χ4n) is 3.00. The number of aromatic hydroxyl groups is 1. The summed E-state index contributed by atoms with van der Waals surface area (Å²) in [4.78, 5) is 13.0. The van der Waals surface area contributed by atoms with Gasteiger partial charge in [0.1, 0.15) is 0 Å². The second-order valence-electron chi connectivity index (χ2n) is 5.59. The second kappa shape index (κ2) is 10.5. The molecule has 2 N–H and O–H groups in total. The maximum atomic E-state index is 11.2. The van der Waals surface area contributed by atoms with E-state index in [1.165, 1.54) is 0 Å². The Morgan fingerprint density at radius 1 is 1.42 bits per heavy atom. The highest BCUT2D eigenvalue weighted by atomic mass is 35.5. The summed E-state index contributed by atoms with van der Waals surface area (Å²) in [6, 6.07) is 3.50. The normalized spacial score (nSPS) is 15.7. The summed E-state index contributed by atoms with van der Waals surface area (Å²) >= 11 is 0. The van der Waals surface area contributed by atoms with Gasteiger partial charge in [0.25, 0.3) is 0 Å². The van der Waals surface area contributed by atoms with Gasteiger partial charge in [0, 0.05) is 43.3 Å². The third-order valence-electron chi connectivity index (χ3n) is 4.16. The minimum absolute atomic E-state index is 0. The standard InChI is InChI=1S/C16H23N3O3.2ClH/c1-3-4-5-14(18-10-8-17-9-11-18)13-7-6-12(2)15(16(13)20)19(21)22;;/h3,6-7,14,17,20H,1,4-5,8-11H2,2H3;2*1H/t14-;;/m1../s1. The molecule has 1 aromatic carbocycles. The molecule has 1 aliphatic heterocycles. The van der Waals surface area contributed by atoms with Crippen molar-refractivity contribution in [2.75, 3.05) is 26.2 Å². The van der Waals surface area contributed by atoms with Gasteiger partial charge in [-0.3, -0.25) is 15.0 Å². The third kappa shape index (κ3) is 5.08. The monoisotopic (exact) mass is 377 g/mol. The van der Waals surface area contributed by atoms with E-state index in [0.29, 0.717) is 11.1 Å². The van der Waals surface area contributed by atoms with Crippen LogP contribution in [0.4, 0.5) is 5.69 Å². The molecule has 0 saturated carbocycles. The fraction of sp³-hybridized carbons (Fsp3) is 0.500. The highest BCUT2D eigenvalue weighted by Crippen LogP contribution is 2.40. The smallest absolute Gasteiger partial charge is 0.313 e. The topological polar surface area (TPSA) is 78.6 Å². The number of hydrogen-bond acceptors (Lipinski definition) is 5. The first-order chi connectivity index (χ1) is 10.6. The fourth-order valence-corrected chi connectivity index (χ4v) is 3.00. The SMILES string of the molecule is C=CCC[C@H](c1ccc(C)c([N+](=O)[O-])c1O)N1CCNCC1.Cl.Cl. The van der Waals surface area contributed by atoms with Crippen molar-refractivity contribution in [2.24, 2.45) is 0 Å². The number of phenolic OH excluding ortho intramolecular Hbond substituents is 1. The first-order valence-electron chi connectivity index (χ1n) is 7.58. The minimum atomic E-state index is -0.503. The molecule has 0 spiro atoms. The Balaban J connectivity index is 0.00000264. The van der Waals surface area contributed by atoms with Gasteiger partial charge in [-0.15, -0.1) is 31.4 Å². The van der Waals surface area contributed by atoms with Gasteiger partial charge < -0.3 is 10.4 Å². The Hall–Kier alpha value is -1.34. The Morgan fingerprint density at radius 2 is 2.04 bits per heavy atom. The van der Waals surface area contributed by atoms with Crippen LogP contribution >= 0.6 is 24.8 Å². The number of nitrogens with one attached hydrogen (secondary N) is 1. The summed E-state index contributed by atoms with van der Waals surface area (Å²) < 4.78 is 0. The van der Waals surface area contributed by atoms with Crippen LogP contribution in [0.2, 0.25) is 0 Å². The summed E-state index contributed by atoms with van der Waals surface area (Å²) in [6.45, 7) is 8.90. The number of halogens is 2. The third-order valence-corrected chi connectivity index (χ3v) is 4.16. The van der Waals surface area contributed by atoms with Gasteiger partial charge in [-0.2, -0.15) is 0 Å². The predicted octanol–water partition coefficient (Wildman–Crippen LogP) is 3.36. The lowest BCUT2D eigenvalue weighted by Crippen LogP contribution is -2.45. The number of rotatable bonds is 6. The molecule has 0 aromatic heterocycles. The summed E-state index contributed by atoms with van der Waals surface area (Å²) in [5.41, 5.74) is 0.936.